The number of hydrogen-bond donors (Lipinski definition) is 3. The van der Waals surface area contributed by atoms with Gasteiger partial charge in [0.25, 0.3) is 0 Å². The summed E-state index contributed by atoms with van der Waals surface area (Å²) in [5, 5.41) is 14.9. The predicted octanol–water partition coefficient (Wildman–Crippen LogP) is 1.11. The number of hydrogen-bond acceptors (Lipinski definition) is 3. The van der Waals surface area contributed by atoms with Crippen LogP contribution in [0.5, 0.6) is 0 Å². The number of nitrogens with one attached hydrogen (secondary N) is 2. The van der Waals surface area contributed by atoms with E-state index < -0.39 is 11.5 Å². The summed E-state index contributed by atoms with van der Waals surface area (Å²) in [4.78, 5) is 23.4. The number of rotatable bonds is 3. The number of carboxylic acids is 1. The van der Waals surface area contributed by atoms with Crippen LogP contribution in [0.3, 0.4) is 0 Å². The van der Waals surface area contributed by atoms with Crippen molar-refractivity contribution in [3.63, 3.8) is 0 Å². The molecule has 6 nitrogen and oxygen atoms in total. The molecular weight excluding hydrogens is 248 g/mol. The summed E-state index contributed by atoms with van der Waals surface area (Å²) in [6.45, 7) is 2.90. The number of amides is 2. The van der Waals surface area contributed by atoms with Crippen molar-refractivity contribution in [3.05, 3.63) is 0 Å². The maximum atomic E-state index is 12.0. The van der Waals surface area contributed by atoms with E-state index in [1.54, 1.807) is 0 Å². The van der Waals surface area contributed by atoms with Gasteiger partial charge in [-0.2, -0.15) is 0 Å². The summed E-state index contributed by atoms with van der Waals surface area (Å²) in [6, 6.07) is -0.205. The van der Waals surface area contributed by atoms with Gasteiger partial charge in [-0.25, -0.2) is 9.59 Å². The van der Waals surface area contributed by atoms with Crippen LogP contribution in [-0.2, 0) is 9.53 Å². The number of ether oxygens (including phenoxy) is 1. The van der Waals surface area contributed by atoms with Gasteiger partial charge in [0.15, 0.2) is 0 Å². The first-order chi connectivity index (χ1) is 9.02. The second-order valence-corrected chi connectivity index (χ2v) is 5.71. The molecule has 0 bridgehead atoms. The third kappa shape index (κ3) is 3.37. The number of aliphatic carboxylic acids is 1. The zero-order chi connectivity index (χ0) is 13.9. The fraction of sp³-hybridized carbons (Fsp3) is 0.846. The lowest BCUT2D eigenvalue weighted by Crippen LogP contribution is -2.60. The molecule has 2 fully saturated rings. The van der Waals surface area contributed by atoms with Crippen molar-refractivity contribution in [1.29, 1.82) is 0 Å². The molecule has 2 amide bonds. The summed E-state index contributed by atoms with van der Waals surface area (Å²) >= 11 is 0. The fourth-order valence-corrected chi connectivity index (χ4v) is 2.89. The Morgan fingerprint density at radius 1 is 1.26 bits per heavy atom. The predicted molar refractivity (Wildman–Crippen MR) is 68.9 cm³/mol. The molecule has 2 atom stereocenters. The maximum Gasteiger partial charge on any atom is 0.329 e. The Balaban J connectivity index is 1.90. The smallest absolute Gasteiger partial charge is 0.329 e. The summed E-state index contributed by atoms with van der Waals surface area (Å²) < 4.78 is 5.17. The van der Waals surface area contributed by atoms with E-state index >= 15 is 0 Å². The van der Waals surface area contributed by atoms with Crippen molar-refractivity contribution in [2.45, 2.75) is 50.6 Å². The van der Waals surface area contributed by atoms with Crippen molar-refractivity contribution >= 4 is 12.0 Å². The molecule has 1 aliphatic carbocycles. The van der Waals surface area contributed by atoms with Crippen LogP contribution >= 0.6 is 0 Å². The first kappa shape index (κ1) is 14.1. The van der Waals surface area contributed by atoms with Crippen LogP contribution in [0, 0.1) is 5.92 Å². The minimum Gasteiger partial charge on any atom is -0.480 e. The van der Waals surface area contributed by atoms with E-state index in [1.807, 2.05) is 0 Å². The Labute approximate surface area is 112 Å². The highest BCUT2D eigenvalue weighted by Gasteiger charge is 2.42. The molecule has 0 aromatic rings. The van der Waals surface area contributed by atoms with Gasteiger partial charge in [-0.1, -0.05) is 6.92 Å². The third-order valence-corrected chi connectivity index (χ3v) is 4.14. The van der Waals surface area contributed by atoms with Crippen LogP contribution in [-0.4, -0.2) is 41.9 Å². The van der Waals surface area contributed by atoms with E-state index in [1.165, 1.54) is 0 Å². The molecule has 6 heteroatoms. The quantitative estimate of drug-likeness (QED) is 0.717. The first-order valence-corrected chi connectivity index (χ1v) is 6.92. The summed E-state index contributed by atoms with van der Waals surface area (Å²) in [6.07, 6.45) is 3.69. The Bertz CT molecular complexity index is 353. The molecule has 1 aliphatic heterocycles. The molecule has 19 heavy (non-hydrogen) atoms. The van der Waals surface area contributed by atoms with Crippen LogP contribution in [0.25, 0.3) is 0 Å². The second-order valence-electron chi connectivity index (χ2n) is 5.71. The lowest BCUT2D eigenvalue weighted by atomic mass is 9.90. The van der Waals surface area contributed by atoms with Crippen molar-refractivity contribution in [2.75, 3.05) is 13.2 Å². The monoisotopic (exact) mass is 270 g/mol. The standard InChI is InChI=1S/C13H22N2O4/c1-9-2-3-10(8-9)14-12(18)15-13(11(16)17)4-6-19-7-5-13/h9-10H,2-8H2,1H3,(H,16,17)(H2,14,15,18). The van der Waals surface area contributed by atoms with Gasteiger partial charge in [-0.3, -0.25) is 0 Å². The Morgan fingerprint density at radius 2 is 1.95 bits per heavy atom. The van der Waals surface area contributed by atoms with E-state index in [0.717, 1.165) is 19.3 Å². The van der Waals surface area contributed by atoms with Crippen LogP contribution in [0.1, 0.15) is 39.0 Å². The van der Waals surface area contributed by atoms with Crippen LogP contribution in [0.15, 0.2) is 0 Å². The summed E-state index contributed by atoms with van der Waals surface area (Å²) in [5.74, 6) is -0.354. The third-order valence-electron chi connectivity index (χ3n) is 4.14. The van der Waals surface area contributed by atoms with Crippen LogP contribution < -0.4 is 10.6 Å². The van der Waals surface area contributed by atoms with E-state index in [4.69, 9.17) is 4.74 Å². The molecule has 2 rings (SSSR count). The molecule has 0 spiro atoms. The SMILES string of the molecule is CC1CCC(NC(=O)NC2(C(=O)O)CCOCC2)C1. The van der Waals surface area contributed by atoms with Crippen molar-refractivity contribution in [1.82, 2.24) is 10.6 Å². The molecule has 2 unspecified atom stereocenters. The number of carboxylic acid groups (broad SMARTS) is 1. The summed E-state index contributed by atoms with van der Waals surface area (Å²) in [7, 11) is 0. The average molecular weight is 270 g/mol. The van der Waals surface area contributed by atoms with Gasteiger partial charge in [-0.15, -0.1) is 0 Å². The van der Waals surface area contributed by atoms with Crippen LogP contribution in [0.4, 0.5) is 4.79 Å². The Morgan fingerprint density at radius 3 is 2.47 bits per heavy atom. The lowest BCUT2D eigenvalue weighted by molar-refractivity contribution is -0.148. The minimum absolute atomic E-state index is 0.167. The van der Waals surface area contributed by atoms with Gasteiger partial charge < -0.3 is 20.5 Å². The van der Waals surface area contributed by atoms with Crippen molar-refractivity contribution in [2.24, 2.45) is 5.92 Å². The number of carbonyl (C=O) groups excluding carboxylic acids is 1. The molecule has 0 aromatic carbocycles. The summed E-state index contributed by atoms with van der Waals surface area (Å²) in [5.41, 5.74) is -1.17. The largest absolute Gasteiger partial charge is 0.480 e. The van der Waals surface area contributed by atoms with E-state index in [2.05, 4.69) is 17.6 Å². The lowest BCUT2D eigenvalue weighted by Gasteiger charge is -2.34. The van der Waals surface area contributed by atoms with Gasteiger partial charge in [0.1, 0.15) is 5.54 Å². The zero-order valence-corrected chi connectivity index (χ0v) is 11.3. The van der Waals surface area contributed by atoms with E-state index in [9.17, 15) is 14.7 Å². The Hall–Kier alpha value is -1.30. The zero-order valence-electron chi connectivity index (χ0n) is 11.3. The van der Waals surface area contributed by atoms with Crippen molar-refractivity contribution in [3.8, 4) is 0 Å². The van der Waals surface area contributed by atoms with Crippen molar-refractivity contribution < 1.29 is 19.4 Å². The maximum absolute atomic E-state index is 12.0. The molecule has 1 saturated carbocycles. The van der Waals surface area contributed by atoms with E-state index in [-0.39, 0.29) is 12.1 Å². The molecule has 0 radical (unpaired) electrons. The van der Waals surface area contributed by atoms with E-state index in [0.29, 0.717) is 32.0 Å². The van der Waals surface area contributed by atoms with Gasteiger partial charge in [0.05, 0.1) is 0 Å². The Kier molecular flexibility index (Phi) is 4.29. The molecule has 3 N–H and O–H groups in total. The topological polar surface area (TPSA) is 87.7 Å². The molecule has 1 heterocycles. The highest BCUT2D eigenvalue weighted by molar-refractivity contribution is 5.86. The van der Waals surface area contributed by atoms with Gasteiger partial charge in [0.2, 0.25) is 0 Å². The number of carbonyl (C=O) groups is 2. The molecule has 0 aromatic heterocycles. The van der Waals surface area contributed by atoms with Crippen LogP contribution in [0.2, 0.25) is 0 Å². The minimum atomic E-state index is -1.17. The van der Waals surface area contributed by atoms with Gasteiger partial charge >= 0.3 is 12.0 Å². The molecule has 2 aliphatic rings. The molecular formula is C13H22N2O4. The second kappa shape index (κ2) is 5.77. The van der Waals surface area contributed by atoms with Gasteiger partial charge in [0, 0.05) is 32.1 Å². The highest BCUT2D eigenvalue weighted by atomic mass is 16.5. The average Bonchev–Trinajstić information content (AvgIpc) is 2.75. The highest BCUT2D eigenvalue weighted by Crippen LogP contribution is 2.25. The first-order valence-electron chi connectivity index (χ1n) is 6.92. The molecule has 1 saturated heterocycles. The van der Waals surface area contributed by atoms with Gasteiger partial charge in [-0.05, 0) is 25.2 Å². The fourth-order valence-electron chi connectivity index (χ4n) is 2.89. The normalized spacial score (nSPS) is 29.7. The molecule has 108 valence electrons. The number of urea groups is 1.